The molecule has 0 spiro atoms. The molecule has 0 bridgehead atoms. The topological polar surface area (TPSA) is 90.7 Å². The maximum Gasteiger partial charge on any atom is 0.239 e. The van der Waals surface area contributed by atoms with Crippen molar-refractivity contribution in [3.8, 4) is 0 Å². The minimum Gasteiger partial charge on any atom is -0.368 e. The van der Waals surface area contributed by atoms with Gasteiger partial charge in [-0.25, -0.2) is 0 Å². The number of rotatable bonds is 4. The first-order chi connectivity index (χ1) is 12.1. The molecule has 0 aliphatic carbocycles. The van der Waals surface area contributed by atoms with Gasteiger partial charge < -0.3 is 26.2 Å². The van der Waals surface area contributed by atoms with E-state index in [1.54, 1.807) is 0 Å². The Bertz CT molecular complexity index is 616. The van der Waals surface area contributed by atoms with Gasteiger partial charge in [0.15, 0.2) is 0 Å². The van der Waals surface area contributed by atoms with Gasteiger partial charge in [-0.2, -0.15) is 0 Å². The third kappa shape index (κ3) is 4.42. The van der Waals surface area contributed by atoms with E-state index in [-0.39, 0.29) is 30.4 Å². The summed E-state index contributed by atoms with van der Waals surface area (Å²) in [4.78, 5) is 28.2. The molecule has 25 heavy (non-hydrogen) atoms. The van der Waals surface area contributed by atoms with E-state index < -0.39 is 0 Å². The average molecular weight is 366 g/mol. The molecule has 0 radical (unpaired) electrons. The van der Waals surface area contributed by atoms with Gasteiger partial charge in [0.25, 0.3) is 0 Å². The van der Waals surface area contributed by atoms with Crippen LogP contribution in [-0.4, -0.2) is 68.1 Å². The third-order valence-electron chi connectivity index (χ3n) is 4.76. The number of anilines is 1. The summed E-state index contributed by atoms with van der Waals surface area (Å²) in [6, 6.07) is 7.51. The smallest absolute Gasteiger partial charge is 0.239 e. The first-order valence-corrected chi connectivity index (χ1v) is 8.96. The molecule has 2 aliphatic rings. The quantitative estimate of drug-likeness (QED) is 0.687. The molecule has 2 atom stereocenters. The molecule has 2 heterocycles. The number of nitrogens with two attached hydrogens (primary N) is 1. The zero-order valence-corrected chi connectivity index (χ0v) is 14.8. The van der Waals surface area contributed by atoms with Crippen molar-refractivity contribution >= 4 is 29.1 Å². The second-order valence-corrected chi connectivity index (χ2v) is 6.89. The van der Waals surface area contributed by atoms with E-state index in [4.69, 9.17) is 17.3 Å². The summed E-state index contributed by atoms with van der Waals surface area (Å²) in [6.07, 6.45) is 0.613. The van der Waals surface area contributed by atoms with Crippen molar-refractivity contribution in [1.29, 1.82) is 0 Å². The Hall–Kier alpha value is -1.83. The number of carbonyl (C=O) groups is 2. The molecule has 1 unspecified atom stereocenters. The Morgan fingerprint density at radius 3 is 2.52 bits per heavy atom. The van der Waals surface area contributed by atoms with Crippen molar-refractivity contribution < 1.29 is 9.59 Å². The number of halogens is 1. The maximum atomic E-state index is 12.7. The lowest BCUT2D eigenvalue weighted by Crippen LogP contribution is -2.53. The molecular weight excluding hydrogens is 342 g/mol. The van der Waals surface area contributed by atoms with E-state index in [9.17, 15) is 9.59 Å². The van der Waals surface area contributed by atoms with Gasteiger partial charge in [-0.1, -0.05) is 11.6 Å². The van der Waals surface area contributed by atoms with Gasteiger partial charge in [-0.05, 0) is 30.7 Å². The molecular formula is C17H24ClN5O2. The maximum absolute atomic E-state index is 12.7. The summed E-state index contributed by atoms with van der Waals surface area (Å²) in [5.41, 5.74) is 6.44. The van der Waals surface area contributed by atoms with Gasteiger partial charge in [-0.3, -0.25) is 9.59 Å². The summed E-state index contributed by atoms with van der Waals surface area (Å²) in [5, 5.41) is 6.76. The number of carbonyl (C=O) groups excluding carboxylic acids is 2. The molecule has 2 saturated heterocycles. The Kier molecular flexibility index (Phi) is 5.78. The summed E-state index contributed by atoms with van der Waals surface area (Å²) in [5.74, 6) is -0.0725. The van der Waals surface area contributed by atoms with E-state index in [1.165, 1.54) is 0 Å². The standard InChI is InChI=1S/C17H24ClN5O2/c18-12-1-3-14(4-2-12)22-5-7-23(8-6-22)17(25)15-9-13(11-20-15)21-16(24)10-19/h1-4,13,15,20H,5-11,19H2,(H,21,24)/t13?,15-/m1/s1. The average Bonchev–Trinajstić information content (AvgIpc) is 3.10. The zero-order valence-electron chi connectivity index (χ0n) is 14.1. The van der Waals surface area contributed by atoms with Crippen molar-refractivity contribution in [3.05, 3.63) is 29.3 Å². The van der Waals surface area contributed by atoms with Crippen LogP contribution in [0.15, 0.2) is 24.3 Å². The van der Waals surface area contributed by atoms with E-state index >= 15 is 0 Å². The van der Waals surface area contributed by atoms with E-state index in [0.717, 1.165) is 23.8 Å². The Balaban J connectivity index is 1.48. The lowest BCUT2D eigenvalue weighted by atomic mass is 10.1. The van der Waals surface area contributed by atoms with Crippen LogP contribution in [0.25, 0.3) is 0 Å². The summed E-state index contributed by atoms with van der Waals surface area (Å²) < 4.78 is 0. The molecule has 7 nitrogen and oxygen atoms in total. The van der Waals surface area contributed by atoms with Crippen LogP contribution in [0.4, 0.5) is 5.69 Å². The number of nitrogens with one attached hydrogen (secondary N) is 2. The number of benzene rings is 1. The van der Waals surface area contributed by atoms with E-state index in [0.29, 0.717) is 26.1 Å². The van der Waals surface area contributed by atoms with Gasteiger partial charge >= 0.3 is 0 Å². The molecule has 2 amide bonds. The third-order valence-corrected chi connectivity index (χ3v) is 5.01. The zero-order chi connectivity index (χ0) is 17.8. The molecule has 1 aromatic rings. The highest BCUT2D eigenvalue weighted by Crippen LogP contribution is 2.20. The first-order valence-electron chi connectivity index (χ1n) is 8.59. The largest absolute Gasteiger partial charge is 0.368 e. The number of nitrogens with zero attached hydrogens (tertiary/aromatic N) is 2. The van der Waals surface area contributed by atoms with Crippen molar-refractivity contribution in [2.24, 2.45) is 5.73 Å². The monoisotopic (exact) mass is 365 g/mol. The van der Waals surface area contributed by atoms with Crippen LogP contribution in [0.3, 0.4) is 0 Å². The second kappa shape index (κ2) is 8.03. The molecule has 0 saturated carbocycles. The molecule has 1 aromatic carbocycles. The van der Waals surface area contributed by atoms with Crippen LogP contribution in [0.2, 0.25) is 5.02 Å². The number of hydrogen-bond acceptors (Lipinski definition) is 5. The van der Waals surface area contributed by atoms with Crippen molar-refractivity contribution in [1.82, 2.24) is 15.5 Å². The van der Waals surface area contributed by atoms with Gasteiger partial charge in [0, 0.05) is 49.5 Å². The number of amides is 2. The fourth-order valence-electron chi connectivity index (χ4n) is 3.38. The van der Waals surface area contributed by atoms with Crippen LogP contribution < -0.4 is 21.3 Å². The molecule has 136 valence electrons. The highest BCUT2D eigenvalue weighted by atomic mass is 35.5. The molecule has 2 aliphatic heterocycles. The summed E-state index contributed by atoms with van der Waals surface area (Å²) >= 11 is 5.93. The highest BCUT2D eigenvalue weighted by molar-refractivity contribution is 6.30. The summed E-state index contributed by atoms with van der Waals surface area (Å²) in [7, 11) is 0. The molecule has 3 rings (SSSR count). The van der Waals surface area contributed by atoms with Crippen molar-refractivity contribution in [2.45, 2.75) is 18.5 Å². The SMILES string of the molecule is NCC(=O)NC1CN[C@@H](C(=O)N2CCN(c3ccc(Cl)cc3)CC2)C1. The number of piperazine rings is 1. The Morgan fingerprint density at radius 2 is 1.88 bits per heavy atom. The molecule has 8 heteroatoms. The fraction of sp³-hybridized carbons (Fsp3) is 0.529. The van der Waals surface area contributed by atoms with Crippen molar-refractivity contribution in [3.63, 3.8) is 0 Å². The minimum atomic E-state index is -0.231. The van der Waals surface area contributed by atoms with Crippen molar-refractivity contribution in [2.75, 3.05) is 44.2 Å². The predicted molar refractivity (Wildman–Crippen MR) is 97.6 cm³/mol. The summed E-state index contributed by atoms with van der Waals surface area (Å²) in [6.45, 7) is 3.56. The first kappa shape index (κ1) is 18.0. The minimum absolute atomic E-state index is 0.0260. The normalized spacial score (nSPS) is 23.6. The van der Waals surface area contributed by atoms with Crippen LogP contribution in [0.1, 0.15) is 6.42 Å². The lowest BCUT2D eigenvalue weighted by Gasteiger charge is -2.37. The second-order valence-electron chi connectivity index (χ2n) is 6.45. The molecule has 4 N–H and O–H groups in total. The van der Waals surface area contributed by atoms with E-state index in [2.05, 4.69) is 15.5 Å². The van der Waals surface area contributed by atoms with Gasteiger partial charge in [0.1, 0.15) is 0 Å². The Labute approximate surface area is 152 Å². The van der Waals surface area contributed by atoms with Crippen LogP contribution in [0.5, 0.6) is 0 Å². The van der Waals surface area contributed by atoms with E-state index in [1.807, 2.05) is 29.2 Å². The highest BCUT2D eigenvalue weighted by Gasteiger charge is 2.34. The van der Waals surface area contributed by atoms with Gasteiger partial charge in [-0.15, -0.1) is 0 Å². The molecule has 2 fully saturated rings. The number of hydrogen-bond donors (Lipinski definition) is 3. The van der Waals surface area contributed by atoms with Crippen LogP contribution >= 0.6 is 11.6 Å². The fourth-order valence-corrected chi connectivity index (χ4v) is 3.50. The lowest BCUT2D eigenvalue weighted by molar-refractivity contribution is -0.133. The molecule has 0 aromatic heterocycles. The predicted octanol–water partition coefficient (Wildman–Crippen LogP) is -0.206. The van der Waals surface area contributed by atoms with Gasteiger partial charge in [0.05, 0.1) is 12.6 Å². The van der Waals surface area contributed by atoms with Crippen LogP contribution in [-0.2, 0) is 9.59 Å². The Morgan fingerprint density at radius 1 is 1.20 bits per heavy atom. The van der Waals surface area contributed by atoms with Crippen LogP contribution in [0, 0.1) is 0 Å². The van der Waals surface area contributed by atoms with Gasteiger partial charge in [0.2, 0.25) is 11.8 Å².